The first-order chi connectivity index (χ1) is 10.2. The zero-order chi connectivity index (χ0) is 14.8. The molecule has 0 saturated carbocycles. The van der Waals surface area contributed by atoms with Crippen LogP contribution in [0.3, 0.4) is 0 Å². The van der Waals surface area contributed by atoms with Crippen molar-refractivity contribution in [1.82, 2.24) is 4.90 Å². The molecule has 108 valence electrons. The van der Waals surface area contributed by atoms with Crippen LogP contribution in [0.25, 0.3) is 0 Å². The van der Waals surface area contributed by atoms with Crippen molar-refractivity contribution in [2.24, 2.45) is 0 Å². The summed E-state index contributed by atoms with van der Waals surface area (Å²) in [6.45, 7) is 0.234. The zero-order valence-corrected chi connectivity index (χ0v) is 11.3. The number of nitrogens with zero attached hydrogens (tertiary/aromatic N) is 1. The molecule has 2 unspecified atom stereocenters. The maximum atomic E-state index is 13.3. The Bertz CT molecular complexity index is 615. The van der Waals surface area contributed by atoms with Gasteiger partial charge < -0.3 is 4.90 Å². The molecule has 2 atom stereocenters. The van der Waals surface area contributed by atoms with Crippen LogP contribution in [0.15, 0.2) is 60.7 Å². The van der Waals surface area contributed by atoms with Gasteiger partial charge in [0.1, 0.15) is 6.04 Å². The minimum atomic E-state index is -2.54. The zero-order valence-electron chi connectivity index (χ0n) is 11.3. The third-order valence-corrected chi connectivity index (χ3v) is 3.86. The van der Waals surface area contributed by atoms with Gasteiger partial charge in [0, 0.05) is 6.54 Å². The average molecular weight is 287 g/mol. The second-order valence-electron chi connectivity index (χ2n) is 5.17. The highest BCUT2D eigenvalue weighted by Gasteiger charge is 2.52. The van der Waals surface area contributed by atoms with Gasteiger partial charge in [-0.2, -0.15) is 0 Å². The van der Waals surface area contributed by atoms with Crippen molar-refractivity contribution >= 4 is 5.91 Å². The number of hydrogen-bond acceptors (Lipinski definition) is 1. The van der Waals surface area contributed by atoms with E-state index in [1.165, 1.54) is 4.90 Å². The van der Waals surface area contributed by atoms with E-state index in [0.717, 1.165) is 5.56 Å². The summed E-state index contributed by atoms with van der Waals surface area (Å²) in [6.07, 6.45) is -2.54. The van der Waals surface area contributed by atoms with Crippen LogP contribution in [0.4, 0.5) is 8.78 Å². The molecular weight excluding hydrogens is 272 g/mol. The molecule has 0 aromatic heterocycles. The van der Waals surface area contributed by atoms with Crippen molar-refractivity contribution in [3.05, 3.63) is 71.8 Å². The van der Waals surface area contributed by atoms with Crippen molar-refractivity contribution in [1.29, 1.82) is 0 Å². The summed E-state index contributed by atoms with van der Waals surface area (Å²) in [7, 11) is 0. The van der Waals surface area contributed by atoms with Crippen molar-refractivity contribution < 1.29 is 13.6 Å². The van der Waals surface area contributed by atoms with Crippen LogP contribution >= 0.6 is 0 Å². The maximum absolute atomic E-state index is 13.3. The van der Waals surface area contributed by atoms with Gasteiger partial charge in [-0.15, -0.1) is 0 Å². The van der Waals surface area contributed by atoms with E-state index < -0.39 is 18.4 Å². The number of halogens is 2. The topological polar surface area (TPSA) is 20.3 Å². The van der Waals surface area contributed by atoms with Gasteiger partial charge in [-0.05, 0) is 11.1 Å². The first-order valence-electron chi connectivity index (χ1n) is 6.86. The first kappa shape index (κ1) is 13.7. The lowest BCUT2D eigenvalue weighted by molar-refractivity contribution is -0.160. The fraction of sp³-hybridized carbons (Fsp3) is 0.235. The van der Waals surface area contributed by atoms with E-state index in [0.29, 0.717) is 5.56 Å². The number of amides is 1. The second kappa shape index (κ2) is 5.64. The molecule has 1 saturated heterocycles. The van der Waals surface area contributed by atoms with Gasteiger partial charge in [0.15, 0.2) is 0 Å². The van der Waals surface area contributed by atoms with Gasteiger partial charge in [-0.3, -0.25) is 4.79 Å². The molecule has 0 N–H and O–H groups in total. The summed E-state index contributed by atoms with van der Waals surface area (Å²) >= 11 is 0. The molecule has 1 amide bonds. The molecule has 2 aromatic carbocycles. The average Bonchev–Trinajstić information content (AvgIpc) is 2.51. The largest absolute Gasteiger partial charge is 0.328 e. The highest BCUT2D eigenvalue weighted by atomic mass is 19.3. The number of carbonyl (C=O) groups excluding carboxylic acids is 1. The third-order valence-electron chi connectivity index (χ3n) is 3.86. The molecule has 0 radical (unpaired) electrons. The normalized spacial score (nSPS) is 21.5. The number of rotatable bonds is 4. The van der Waals surface area contributed by atoms with E-state index >= 15 is 0 Å². The Labute approximate surface area is 122 Å². The Balaban J connectivity index is 1.82. The SMILES string of the molecule is O=C1C(c2ccccc2)C(C(F)F)N1Cc1ccccc1. The predicted octanol–water partition coefficient (Wildman–Crippen LogP) is 3.45. The lowest BCUT2D eigenvalue weighted by atomic mass is 9.81. The number of carbonyl (C=O) groups is 1. The quantitative estimate of drug-likeness (QED) is 0.789. The number of likely N-dealkylation sites (tertiary alicyclic amines) is 1. The summed E-state index contributed by atoms with van der Waals surface area (Å²) in [6, 6.07) is 17.0. The van der Waals surface area contributed by atoms with E-state index in [2.05, 4.69) is 0 Å². The predicted molar refractivity (Wildman–Crippen MR) is 76.0 cm³/mol. The van der Waals surface area contributed by atoms with Crippen molar-refractivity contribution in [3.63, 3.8) is 0 Å². The fourth-order valence-electron chi connectivity index (χ4n) is 2.81. The van der Waals surface area contributed by atoms with Crippen LogP contribution < -0.4 is 0 Å². The minimum Gasteiger partial charge on any atom is -0.328 e. The maximum Gasteiger partial charge on any atom is 0.259 e. The van der Waals surface area contributed by atoms with E-state index in [1.807, 2.05) is 36.4 Å². The van der Waals surface area contributed by atoms with E-state index in [4.69, 9.17) is 0 Å². The highest BCUT2D eigenvalue weighted by Crippen LogP contribution is 2.39. The van der Waals surface area contributed by atoms with Gasteiger partial charge in [-0.25, -0.2) is 8.78 Å². The van der Waals surface area contributed by atoms with Crippen LogP contribution in [0.2, 0.25) is 0 Å². The molecule has 2 nitrogen and oxygen atoms in total. The van der Waals surface area contributed by atoms with Gasteiger partial charge in [0.05, 0.1) is 5.92 Å². The molecule has 0 bridgehead atoms. The Hall–Kier alpha value is -2.23. The Morgan fingerprint density at radius 1 is 0.952 bits per heavy atom. The van der Waals surface area contributed by atoms with Crippen molar-refractivity contribution in [3.8, 4) is 0 Å². The van der Waals surface area contributed by atoms with Crippen molar-refractivity contribution in [2.75, 3.05) is 0 Å². The summed E-state index contributed by atoms with van der Waals surface area (Å²) in [5, 5.41) is 0. The van der Waals surface area contributed by atoms with Gasteiger partial charge >= 0.3 is 0 Å². The van der Waals surface area contributed by atoms with E-state index in [-0.39, 0.29) is 12.5 Å². The van der Waals surface area contributed by atoms with Crippen LogP contribution in [-0.4, -0.2) is 23.3 Å². The minimum absolute atomic E-state index is 0.227. The number of benzene rings is 2. The lowest BCUT2D eigenvalue weighted by Gasteiger charge is -2.47. The molecule has 0 spiro atoms. The van der Waals surface area contributed by atoms with Gasteiger partial charge in [0.25, 0.3) is 6.43 Å². The third kappa shape index (κ3) is 2.53. The summed E-state index contributed by atoms with van der Waals surface area (Å²) in [5.41, 5.74) is 1.53. The van der Waals surface area contributed by atoms with E-state index in [9.17, 15) is 13.6 Å². The molecule has 2 aromatic rings. The number of alkyl halides is 2. The second-order valence-corrected chi connectivity index (χ2v) is 5.17. The first-order valence-corrected chi connectivity index (χ1v) is 6.86. The van der Waals surface area contributed by atoms with Crippen LogP contribution in [0.1, 0.15) is 17.0 Å². The standard InChI is InChI=1S/C17H15F2NO/c18-16(19)15-14(13-9-5-2-6-10-13)17(21)20(15)11-12-7-3-1-4-8-12/h1-10,14-16H,11H2. The molecule has 1 heterocycles. The fourth-order valence-corrected chi connectivity index (χ4v) is 2.81. The monoisotopic (exact) mass is 287 g/mol. The number of β-lactam (4-membered cyclic amide) rings is 1. The van der Waals surface area contributed by atoms with Gasteiger partial charge in [0.2, 0.25) is 5.91 Å². The molecule has 3 rings (SSSR count). The molecule has 1 aliphatic rings. The van der Waals surface area contributed by atoms with Crippen LogP contribution in [0.5, 0.6) is 0 Å². The Kier molecular flexibility index (Phi) is 3.69. The molecular formula is C17H15F2NO. The molecule has 4 heteroatoms. The molecule has 1 fully saturated rings. The molecule has 1 aliphatic heterocycles. The van der Waals surface area contributed by atoms with Crippen LogP contribution in [0, 0.1) is 0 Å². The number of hydrogen-bond donors (Lipinski definition) is 0. The Morgan fingerprint density at radius 2 is 1.52 bits per heavy atom. The van der Waals surface area contributed by atoms with E-state index in [1.54, 1.807) is 24.3 Å². The highest BCUT2D eigenvalue weighted by molar-refractivity contribution is 5.91. The van der Waals surface area contributed by atoms with Crippen LogP contribution in [-0.2, 0) is 11.3 Å². The summed E-state index contributed by atoms with van der Waals surface area (Å²) in [5.74, 6) is -0.953. The smallest absolute Gasteiger partial charge is 0.259 e. The Morgan fingerprint density at radius 3 is 2.10 bits per heavy atom. The molecule has 0 aliphatic carbocycles. The summed E-state index contributed by atoms with van der Waals surface area (Å²) < 4.78 is 26.7. The van der Waals surface area contributed by atoms with Crippen molar-refractivity contribution in [2.45, 2.75) is 24.9 Å². The summed E-state index contributed by atoms with van der Waals surface area (Å²) in [4.78, 5) is 13.5. The van der Waals surface area contributed by atoms with Gasteiger partial charge in [-0.1, -0.05) is 60.7 Å². The molecule has 21 heavy (non-hydrogen) atoms. The lowest BCUT2D eigenvalue weighted by Crippen LogP contribution is -2.61.